The Bertz CT molecular complexity index is 1530. The number of carbonyl (C=O) groups excluding carboxylic acids is 2. The molecule has 0 saturated heterocycles. The Balaban J connectivity index is 5.40. The summed E-state index contributed by atoms with van der Waals surface area (Å²) in [7, 11) is 1.15. The molecule has 1 amide bonds. The first-order chi connectivity index (χ1) is 35.4. The van der Waals surface area contributed by atoms with Crippen LogP contribution in [0.15, 0.2) is 85.1 Å². The summed E-state index contributed by atoms with van der Waals surface area (Å²) >= 11 is 0. The highest BCUT2D eigenvalue weighted by atomic mass is 31.2. The first-order valence-corrected chi connectivity index (χ1v) is 31.4. The van der Waals surface area contributed by atoms with Crippen LogP contribution in [0.5, 0.6) is 0 Å². The van der Waals surface area contributed by atoms with Crippen LogP contribution in [0.3, 0.4) is 0 Å². The van der Waals surface area contributed by atoms with E-state index in [2.05, 4.69) is 99.0 Å². The molecule has 0 spiro atoms. The quantitative estimate of drug-likeness (QED) is 0.0212. The number of rotatable bonds is 53. The van der Waals surface area contributed by atoms with E-state index in [-0.39, 0.29) is 31.3 Å². The lowest BCUT2D eigenvalue weighted by Crippen LogP contribution is -2.47. The third-order valence-electron chi connectivity index (χ3n) is 12.8. The van der Waals surface area contributed by atoms with Gasteiger partial charge in [-0.1, -0.05) is 222 Å². The molecule has 0 aromatic rings. The molecule has 73 heavy (non-hydrogen) atoms. The fourth-order valence-electron chi connectivity index (χ4n) is 8.19. The minimum atomic E-state index is -4.71. The molecular formula is C63H113N2O7P. The average Bonchev–Trinajstić information content (AvgIpc) is 3.35. The van der Waals surface area contributed by atoms with E-state index in [9.17, 15) is 19.0 Å². The number of unbranched alkanes of at least 4 members (excludes halogenated alkanes) is 25. The van der Waals surface area contributed by atoms with Gasteiger partial charge in [0.05, 0.1) is 33.8 Å². The monoisotopic (exact) mass is 1040 g/mol. The number of carbonyl (C=O) groups is 2. The molecule has 0 fully saturated rings. The van der Waals surface area contributed by atoms with E-state index in [4.69, 9.17) is 13.8 Å². The second kappa shape index (κ2) is 52.6. The summed E-state index contributed by atoms with van der Waals surface area (Å²) in [5, 5.41) is 3.01. The Labute approximate surface area is 450 Å². The minimum Gasteiger partial charge on any atom is -0.756 e. The van der Waals surface area contributed by atoms with Gasteiger partial charge in [0.2, 0.25) is 5.91 Å². The number of phosphoric acid groups is 1. The summed E-state index contributed by atoms with van der Waals surface area (Å²) in [6.07, 6.45) is 68.3. The zero-order valence-corrected chi connectivity index (χ0v) is 49.0. The number of hydrogen-bond donors (Lipinski definition) is 1. The summed E-state index contributed by atoms with van der Waals surface area (Å²) in [6, 6.07) is -0.911. The fraction of sp³-hybridized carbons (Fsp3) is 0.746. The van der Waals surface area contributed by atoms with Crippen LogP contribution in [-0.2, 0) is 27.9 Å². The number of esters is 1. The van der Waals surface area contributed by atoms with Crippen LogP contribution >= 0.6 is 7.82 Å². The number of phosphoric ester groups is 1. The summed E-state index contributed by atoms with van der Waals surface area (Å²) in [4.78, 5) is 39.9. The molecule has 0 radical (unpaired) electrons. The van der Waals surface area contributed by atoms with Crippen molar-refractivity contribution in [1.29, 1.82) is 0 Å². The SMILES string of the molecule is CC/C=C\C/C=C\C/C=C\C/C=C\C/C=C\CCCCCC(=O)NC(COP(=O)([O-])OCC[N+](C)(C)C)C(/C=C\CCCCCCCCCCCCC)OC(=O)CCCCCCCCC/C=C\CCCCCC. The van der Waals surface area contributed by atoms with Crippen molar-refractivity contribution in [3.8, 4) is 0 Å². The molecule has 0 aromatic heterocycles. The van der Waals surface area contributed by atoms with Gasteiger partial charge in [0.15, 0.2) is 0 Å². The predicted octanol–water partition coefficient (Wildman–Crippen LogP) is 17.6. The fourth-order valence-corrected chi connectivity index (χ4v) is 8.91. The molecule has 0 rings (SSSR count). The topological polar surface area (TPSA) is 114 Å². The predicted molar refractivity (Wildman–Crippen MR) is 311 cm³/mol. The Morgan fingerprint density at radius 3 is 1.36 bits per heavy atom. The Morgan fingerprint density at radius 1 is 0.493 bits per heavy atom. The van der Waals surface area contributed by atoms with Crippen molar-refractivity contribution in [3.05, 3.63) is 85.1 Å². The molecule has 0 aliphatic carbocycles. The molecule has 10 heteroatoms. The molecule has 0 aliphatic heterocycles. The number of quaternary nitrogens is 1. The number of nitrogens with zero attached hydrogens (tertiary/aromatic N) is 1. The Morgan fingerprint density at radius 2 is 0.877 bits per heavy atom. The average molecular weight is 1040 g/mol. The number of likely N-dealkylation sites (N-methyl/N-ethyl adjacent to an activating group) is 1. The van der Waals surface area contributed by atoms with Gasteiger partial charge in [-0.2, -0.15) is 0 Å². The molecule has 0 bridgehead atoms. The van der Waals surface area contributed by atoms with Crippen molar-refractivity contribution in [1.82, 2.24) is 5.32 Å². The van der Waals surface area contributed by atoms with Crippen molar-refractivity contribution in [2.45, 2.75) is 264 Å². The van der Waals surface area contributed by atoms with Crippen LogP contribution < -0.4 is 10.2 Å². The van der Waals surface area contributed by atoms with Crippen molar-refractivity contribution in [2.24, 2.45) is 0 Å². The van der Waals surface area contributed by atoms with Gasteiger partial charge in [-0.3, -0.25) is 14.2 Å². The molecule has 422 valence electrons. The molecule has 3 unspecified atom stereocenters. The van der Waals surface area contributed by atoms with Gasteiger partial charge >= 0.3 is 5.97 Å². The zero-order valence-electron chi connectivity index (χ0n) is 48.1. The standard InChI is InChI=1S/C63H113N2O7P/c1-7-10-13-16-19-22-25-28-30-31-32-33-35-37-40-43-46-49-52-55-62(66)64-60(59-71-73(68,69)70-58-57-65(4,5)6)61(54-51-48-45-42-39-36-27-24-21-18-15-12-9-3)72-63(67)56-53-50-47-44-41-38-34-29-26-23-20-17-14-11-8-2/h10,13,19,22-23,26,28,30,32-33,37,40,51,54,60-61H,7-9,11-12,14-18,20-21,24-25,27,29,31,34-36,38-39,41-50,52-53,55-59H2,1-6H3,(H-,64,66,68,69)/b13-10-,22-19-,26-23-,30-28-,33-32-,40-37-,54-51-. The summed E-state index contributed by atoms with van der Waals surface area (Å²) < 4.78 is 30.3. The summed E-state index contributed by atoms with van der Waals surface area (Å²) in [6.45, 7) is 6.68. The molecule has 1 N–H and O–H groups in total. The molecular weight excluding hydrogens is 928 g/mol. The molecule has 0 aromatic carbocycles. The second-order valence-corrected chi connectivity index (χ2v) is 22.5. The van der Waals surface area contributed by atoms with Gasteiger partial charge < -0.3 is 28.5 Å². The summed E-state index contributed by atoms with van der Waals surface area (Å²) in [5.74, 6) is -0.585. The Hall–Kier alpha value is -2.81. The van der Waals surface area contributed by atoms with Crippen LogP contribution in [0.2, 0.25) is 0 Å². The maximum atomic E-state index is 13.5. The molecule has 0 aliphatic rings. The van der Waals surface area contributed by atoms with Crippen molar-refractivity contribution >= 4 is 19.7 Å². The van der Waals surface area contributed by atoms with Gasteiger partial charge in [0.25, 0.3) is 7.82 Å². The van der Waals surface area contributed by atoms with E-state index in [1.807, 2.05) is 33.3 Å². The second-order valence-electron chi connectivity index (χ2n) is 21.1. The molecule has 0 saturated carbocycles. The highest BCUT2D eigenvalue weighted by Crippen LogP contribution is 2.38. The highest BCUT2D eigenvalue weighted by Gasteiger charge is 2.27. The van der Waals surface area contributed by atoms with E-state index in [0.29, 0.717) is 17.4 Å². The third-order valence-corrected chi connectivity index (χ3v) is 13.8. The largest absolute Gasteiger partial charge is 0.756 e. The first-order valence-electron chi connectivity index (χ1n) is 29.9. The van der Waals surface area contributed by atoms with Crippen molar-refractivity contribution in [2.75, 3.05) is 40.9 Å². The lowest BCUT2D eigenvalue weighted by molar-refractivity contribution is -0.870. The lowest BCUT2D eigenvalue weighted by atomic mass is 10.0. The molecule has 0 heterocycles. The van der Waals surface area contributed by atoms with Crippen molar-refractivity contribution < 1.29 is 37.3 Å². The van der Waals surface area contributed by atoms with E-state index < -0.39 is 26.6 Å². The maximum Gasteiger partial charge on any atom is 0.306 e. The molecule has 3 atom stereocenters. The van der Waals surface area contributed by atoms with Gasteiger partial charge in [0, 0.05) is 12.8 Å². The molecule has 9 nitrogen and oxygen atoms in total. The third kappa shape index (κ3) is 53.8. The zero-order chi connectivity index (χ0) is 53.6. The maximum absolute atomic E-state index is 13.5. The van der Waals surface area contributed by atoms with E-state index in [1.54, 1.807) is 0 Å². The van der Waals surface area contributed by atoms with E-state index >= 15 is 0 Å². The van der Waals surface area contributed by atoms with Crippen LogP contribution in [-0.4, -0.2) is 69.4 Å². The minimum absolute atomic E-state index is 0.0329. The number of amides is 1. The smallest absolute Gasteiger partial charge is 0.306 e. The lowest BCUT2D eigenvalue weighted by Gasteiger charge is -2.30. The van der Waals surface area contributed by atoms with E-state index in [0.717, 1.165) is 103 Å². The van der Waals surface area contributed by atoms with Crippen LogP contribution in [0.25, 0.3) is 0 Å². The van der Waals surface area contributed by atoms with Gasteiger partial charge in [-0.25, -0.2) is 0 Å². The van der Waals surface area contributed by atoms with Crippen LogP contribution in [0, 0.1) is 0 Å². The summed E-state index contributed by atoms with van der Waals surface area (Å²) in [5.41, 5.74) is 0. The van der Waals surface area contributed by atoms with Gasteiger partial charge in [-0.05, 0) is 102 Å². The van der Waals surface area contributed by atoms with Crippen molar-refractivity contribution in [3.63, 3.8) is 0 Å². The number of nitrogens with one attached hydrogen (secondary N) is 1. The normalized spacial score (nSPS) is 14.3. The number of hydrogen-bond acceptors (Lipinski definition) is 7. The van der Waals surface area contributed by atoms with E-state index in [1.165, 1.54) is 109 Å². The number of ether oxygens (including phenoxy) is 1. The van der Waals surface area contributed by atoms with Gasteiger partial charge in [0.1, 0.15) is 19.3 Å². The highest BCUT2D eigenvalue weighted by molar-refractivity contribution is 7.45. The van der Waals surface area contributed by atoms with Gasteiger partial charge in [-0.15, -0.1) is 0 Å². The van der Waals surface area contributed by atoms with Crippen LogP contribution in [0.1, 0.15) is 252 Å². The first kappa shape index (κ1) is 70.2. The Kier molecular flexibility index (Phi) is 50.6. The number of allylic oxidation sites excluding steroid dienone is 13. The van der Waals surface area contributed by atoms with Crippen LogP contribution in [0.4, 0.5) is 0 Å².